The van der Waals surface area contributed by atoms with E-state index < -0.39 is 40.7 Å². The Morgan fingerprint density at radius 2 is 1.43 bits per heavy atom. The van der Waals surface area contributed by atoms with Crippen molar-refractivity contribution < 1.29 is 31.5 Å². The second-order valence-electron chi connectivity index (χ2n) is 8.25. The molecule has 0 aliphatic carbocycles. The molecule has 0 fully saturated rings. The number of ether oxygens (including phenoxy) is 1. The van der Waals surface area contributed by atoms with E-state index in [2.05, 4.69) is 5.10 Å². The van der Waals surface area contributed by atoms with Crippen LogP contribution in [0.15, 0.2) is 77.4 Å². The Balaban J connectivity index is 1.59. The number of hydrazone groups is 1. The molecule has 0 aromatic heterocycles. The first-order chi connectivity index (χ1) is 17.8. The number of carbonyl (C=O) groups is 1. The van der Waals surface area contributed by atoms with Crippen LogP contribution in [0.4, 0.5) is 27.6 Å². The number of carbonyl (C=O) groups excluding carboxylic acids is 1. The van der Waals surface area contributed by atoms with Gasteiger partial charge in [-0.2, -0.15) is 10.1 Å². The molecule has 1 heterocycles. The maximum absolute atomic E-state index is 14.4. The fourth-order valence-electron chi connectivity index (χ4n) is 4.05. The summed E-state index contributed by atoms with van der Waals surface area (Å²) >= 11 is 0. The molecule has 0 radical (unpaired) electrons. The summed E-state index contributed by atoms with van der Waals surface area (Å²) in [6, 6.07) is 20.3. The SMILES string of the molecule is CC1=NN(c2c(F)c(F)c(F)c(F)c2F)C(=O)/C1=C\c1c(OCc2ccccc2)ccc2ccccc12. The minimum absolute atomic E-state index is 0.0240. The first-order valence-corrected chi connectivity index (χ1v) is 11.1. The minimum Gasteiger partial charge on any atom is -0.488 e. The highest BCUT2D eigenvalue weighted by Gasteiger charge is 2.37. The van der Waals surface area contributed by atoms with E-state index in [1.54, 1.807) is 12.1 Å². The van der Waals surface area contributed by atoms with E-state index in [-0.39, 0.29) is 22.9 Å². The third kappa shape index (κ3) is 4.22. The minimum atomic E-state index is -2.32. The number of anilines is 1. The predicted molar refractivity (Wildman–Crippen MR) is 130 cm³/mol. The van der Waals surface area contributed by atoms with Crippen LogP contribution < -0.4 is 9.75 Å². The third-order valence-electron chi connectivity index (χ3n) is 5.92. The van der Waals surface area contributed by atoms with Crippen molar-refractivity contribution in [1.29, 1.82) is 0 Å². The number of halogens is 5. The molecular formula is C28H17F5N2O2. The predicted octanol–water partition coefficient (Wildman–Crippen LogP) is 6.92. The van der Waals surface area contributed by atoms with Gasteiger partial charge in [0.1, 0.15) is 18.0 Å². The van der Waals surface area contributed by atoms with E-state index in [4.69, 9.17) is 4.74 Å². The first kappa shape index (κ1) is 24.2. The average molecular weight is 508 g/mol. The molecule has 1 amide bonds. The van der Waals surface area contributed by atoms with Crippen molar-refractivity contribution in [2.45, 2.75) is 13.5 Å². The van der Waals surface area contributed by atoms with Crippen molar-refractivity contribution in [1.82, 2.24) is 0 Å². The van der Waals surface area contributed by atoms with Crippen LogP contribution in [0.5, 0.6) is 5.75 Å². The number of hydrogen-bond acceptors (Lipinski definition) is 3. The number of nitrogens with zero attached hydrogens (tertiary/aromatic N) is 2. The summed E-state index contributed by atoms with van der Waals surface area (Å²) in [6.07, 6.45) is 1.44. The molecule has 4 nitrogen and oxygen atoms in total. The van der Waals surface area contributed by atoms with Crippen molar-refractivity contribution in [2.75, 3.05) is 5.01 Å². The largest absolute Gasteiger partial charge is 0.488 e. The molecule has 0 saturated heterocycles. The molecule has 0 unspecified atom stereocenters. The van der Waals surface area contributed by atoms with Gasteiger partial charge >= 0.3 is 0 Å². The maximum atomic E-state index is 14.4. The van der Waals surface area contributed by atoms with Gasteiger partial charge in [-0.15, -0.1) is 0 Å². The highest BCUT2D eigenvalue weighted by Crippen LogP contribution is 2.36. The molecule has 1 aliphatic heterocycles. The summed E-state index contributed by atoms with van der Waals surface area (Å²) in [5.41, 5.74) is -0.115. The first-order valence-electron chi connectivity index (χ1n) is 11.1. The maximum Gasteiger partial charge on any atom is 0.280 e. The number of amides is 1. The Hall–Kier alpha value is -4.53. The van der Waals surface area contributed by atoms with Gasteiger partial charge in [-0.1, -0.05) is 60.7 Å². The summed E-state index contributed by atoms with van der Waals surface area (Å²) in [5, 5.41) is 5.55. The zero-order chi connectivity index (χ0) is 26.3. The molecule has 1 aliphatic rings. The van der Waals surface area contributed by atoms with Crippen LogP contribution in [0.3, 0.4) is 0 Å². The van der Waals surface area contributed by atoms with Crippen LogP contribution in [0.25, 0.3) is 16.8 Å². The molecule has 4 aromatic rings. The number of hydrogen-bond donors (Lipinski definition) is 0. The Morgan fingerprint density at radius 1 is 0.811 bits per heavy atom. The normalized spacial score (nSPS) is 14.5. The molecule has 37 heavy (non-hydrogen) atoms. The van der Waals surface area contributed by atoms with Crippen LogP contribution in [-0.4, -0.2) is 11.6 Å². The lowest BCUT2D eigenvalue weighted by molar-refractivity contribution is -0.114. The molecule has 0 N–H and O–H groups in total. The number of fused-ring (bicyclic) bond motifs is 1. The van der Waals surface area contributed by atoms with Gasteiger partial charge in [-0.25, -0.2) is 22.0 Å². The van der Waals surface area contributed by atoms with Crippen LogP contribution >= 0.6 is 0 Å². The molecule has 0 spiro atoms. The standard InChI is InChI=1S/C28H17F5N2O2/c1-15-19(28(36)35(34-15)27-25(32)23(30)22(29)24(31)26(27)33)13-20-18-10-6-5-9-17(18)11-12-21(20)37-14-16-7-3-2-4-8-16/h2-13H,14H2,1H3/b19-13-. The van der Waals surface area contributed by atoms with Gasteiger partial charge in [0.25, 0.3) is 5.91 Å². The van der Waals surface area contributed by atoms with Crippen molar-refractivity contribution >= 4 is 34.2 Å². The molecule has 9 heteroatoms. The van der Waals surface area contributed by atoms with Gasteiger partial charge < -0.3 is 4.74 Å². The molecule has 4 aromatic carbocycles. The monoisotopic (exact) mass is 508 g/mol. The second kappa shape index (κ2) is 9.50. The third-order valence-corrected chi connectivity index (χ3v) is 5.92. The van der Waals surface area contributed by atoms with E-state index in [0.717, 1.165) is 16.3 Å². The molecule has 5 rings (SSSR count). The fraction of sp³-hybridized carbons (Fsp3) is 0.0714. The lowest BCUT2D eigenvalue weighted by atomic mass is 9.99. The fourth-order valence-corrected chi connectivity index (χ4v) is 4.05. The van der Waals surface area contributed by atoms with Crippen molar-refractivity contribution in [2.24, 2.45) is 5.10 Å². The Bertz CT molecular complexity index is 1590. The zero-order valence-electron chi connectivity index (χ0n) is 19.2. The topological polar surface area (TPSA) is 41.9 Å². The lowest BCUT2D eigenvalue weighted by Gasteiger charge is -2.15. The Kier molecular flexibility index (Phi) is 6.20. The van der Waals surface area contributed by atoms with E-state index in [0.29, 0.717) is 11.3 Å². The van der Waals surface area contributed by atoms with Crippen molar-refractivity contribution in [3.8, 4) is 5.75 Å². The molecule has 186 valence electrons. The van der Waals surface area contributed by atoms with Gasteiger partial charge in [0, 0.05) is 5.56 Å². The highest BCUT2D eigenvalue weighted by atomic mass is 19.2. The highest BCUT2D eigenvalue weighted by molar-refractivity contribution is 6.32. The van der Waals surface area contributed by atoms with E-state index in [9.17, 15) is 26.7 Å². The molecule has 0 atom stereocenters. The quantitative estimate of drug-likeness (QED) is 0.127. The smallest absolute Gasteiger partial charge is 0.280 e. The van der Waals surface area contributed by atoms with Crippen molar-refractivity contribution in [3.05, 3.63) is 113 Å². The summed E-state index contributed by atoms with van der Waals surface area (Å²) in [5.74, 6) is -11.6. The van der Waals surface area contributed by atoms with Crippen molar-refractivity contribution in [3.63, 3.8) is 0 Å². The molecule has 0 saturated carbocycles. The van der Waals surface area contributed by atoms with Gasteiger partial charge in [-0.05, 0) is 35.4 Å². The van der Waals surface area contributed by atoms with Crippen LogP contribution in [0.1, 0.15) is 18.1 Å². The summed E-state index contributed by atoms with van der Waals surface area (Å²) in [4.78, 5) is 13.2. The van der Waals surface area contributed by atoms with Gasteiger partial charge in [0.2, 0.25) is 5.82 Å². The van der Waals surface area contributed by atoms with Gasteiger partial charge in [0.15, 0.2) is 23.3 Å². The van der Waals surface area contributed by atoms with E-state index in [1.807, 2.05) is 54.6 Å². The van der Waals surface area contributed by atoms with E-state index in [1.165, 1.54) is 13.0 Å². The van der Waals surface area contributed by atoms with Crippen LogP contribution in [0.2, 0.25) is 0 Å². The lowest BCUT2D eigenvalue weighted by Crippen LogP contribution is -2.25. The Labute approximate surface area is 207 Å². The second-order valence-corrected chi connectivity index (χ2v) is 8.25. The molecular weight excluding hydrogens is 491 g/mol. The summed E-state index contributed by atoms with van der Waals surface area (Å²) in [7, 11) is 0. The summed E-state index contributed by atoms with van der Waals surface area (Å²) < 4.78 is 76.0. The molecule has 0 bridgehead atoms. The van der Waals surface area contributed by atoms with E-state index >= 15 is 0 Å². The summed E-state index contributed by atoms with van der Waals surface area (Å²) in [6.45, 7) is 1.62. The average Bonchev–Trinajstić information content (AvgIpc) is 3.19. The van der Waals surface area contributed by atoms with Crippen LogP contribution in [0, 0.1) is 29.1 Å². The van der Waals surface area contributed by atoms with Gasteiger partial charge in [0.05, 0.1) is 11.3 Å². The Morgan fingerprint density at radius 3 is 2.14 bits per heavy atom. The zero-order valence-corrected chi connectivity index (χ0v) is 19.2. The number of benzene rings is 4. The van der Waals surface area contributed by atoms with Gasteiger partial charge in [-0.3, -0.25) is 4.79 Å². The van der Waals surface area contributed by atoms with Crippen LogP contribution in [-0.2, 0) is 11.4 Å². The number of rotatable bonds is 5.